The van der Waals surface area contributed by atoms with Gasteiger partial charge < -0.3 is 10.8 Å². The van der Waals surface area contributed by atoms with Crippen molar-refractivity contribution in [2.45, 2.75) is 25.7 Å². The molecule has 0 spiro atoms. The van der Waals surface area contributed by atoms with Crippen LogP contribution in [0.25, 0.3) is 11.4 Å². The number of aromatic nitrogens is 4. The van der Waals surface area contributed by atoms with Gasteiger partial charge in [0.15, 0.2) is 5.69 Å². The zero-order valence-corrected chi connectivity index (χ0v) is 11.5. The van der Waals surface area contributed by atoms with Gasteiger partial charge in [0.1, 0.15) is 0 Å². The molecule has 0 saturated carbocycles. The fraction of sp³-hybridized carbons (Fsp3) is 0.385. The molecule has 0 fully saturated rings. The number of carboxylic acids is 1. The first kappa shape index (κ1) is 12.6. The first-order valence-electron chi connectivity index (χ1n) is 6.24. The third-order valence-corrected chi connectivity index (χ3v) is 3.67. The maximum absolute atomic E-state index is 11.4. The van der Waals surface area contributed by atoms with Crippen molar-refractivity contribution in [1.29, 1.82) is 0 Å². The standard InChI is InChI=1S/C13H15N5O2/c1-13(2)4-6-5-15-12(14)16-8(6)10-7(13)9(11(19)20)17-18(10)3/h5H,4H2,1-3H3,(H,19,20)(H2,14,15,16). The van der Waals surface area contributed by atoms with Crippen LogP contribution in [0, 0.1) is 0 Å². The molecule has 3 N–H and O–H groups in total. The largest absolute Gasteiger partial charge is 0.476 e. The minimum Gasteiger partial charge on any atom is -0.476 e. The summed E-state index contributed by atoms with van der Waals surface area (Å²) in [5.74, 6) is -0.854. The van der Waals surface area contributed by atoms with Crippen LogP contribution in [0.2, 0.25) is 0 Å². The van der Waals surface area contributed by atoms with E-state index in [9.17, 15) is 9.90 Å². The zero-order valence-electron chi connectivity index (χ0n) is 11.5. The number of hydrogen-bond acceptors (Lipinski definition) is 5. The lowest BCUT2D eigenvalue weighted by molar-refractivity contribution is 0.0686. The van der Waals surface area contributed by atoms with Crippen molar-refractivity contribution in [1.82, 2.24) is 19.7 Å². The quantitative estimate of drug-likeness (QED) is 0.802. The number of fused-ring (bicyclic) bond motifs is 3. The SMILES string of the molecule is Cn1nc(C(=O)O)c2c1-c1nc(N)ncc1CC2(C)C. The molecule has 2 aromatic heterocycles. The monoisotopic (exact) mass is 273 g/mol. The highest BCUT2D eigenvalue weighted by Crippen LogP contribution is 2.43. The Morgan fingerprint density at radius 2 is 2.20 bits per heavy atom. The van der Waals surface area contributed by atoms with E-state index in [0.717, 1.165) is 5.56 Å². The Bertz CT molecular complexity index is 733. The van der Waals surface area contributed by atoms with Crippen LogP contribution in [-0.4, -0.2) is 30.8 Å². The molecule has 0 amide bonds. The van der Waals surface area contributed by atoms with Gasteiger partial charge in [-0.1, -0.05) is 13.8 Å². The highest BCUT2D eigenvalue weighted by atomic mass is 16.4. The molecule has 0 radical (unpaired) electrons. The lowest BCUT2D eigenvalue weighted by atomic mass is 9.73. The van der Waals surface area contributed by atoms with Gasteiger partial charge in [0, 0.05) is 18.8 Å². The molecule has 104 valence electrons. The fourth-order valence-corrected chi connectivity index (χ4v) is 2.91. The van der Waals surface area contributed by atoms with Gasteiger partial charge in [0.05, 0.1) is 11.4 Å². The smallest absolute Gasteiger partial charge is 0.356 e. The summed E-state index contributed by atoms with van der Waals surface area (Å²) >= 11 is 0. The number of nitrogen functional groups attached to an aromatic ring is 1. The second-order valence-electron chi connectivity index (χ2n) is 5.66. The van der Waals surface area contributed by atoms with Crippen LogP contribution in [0.4, 0.5) is 5.95 Å². The summed E-state index contributed by atoms with van der Waals surface area (Å²) in [5, 5.41) is 13.5. The second kappa shape index (κ2) is 3.78. The second-order valence-corrected chi connectivity index (χ2v) is 5.66. The van der Waals surface area contributed by atoms with E-state index in [2.05, 4.69) is 15.1 Å². The minimum atomic E-state index is -1.03. The van der Waals surface area contributed by atoms with Gasteiger partial charge >= 0.3 is 5.97 Å². The summed E-state index contributed by atoms with van der Waals surface area (Å²) in [7, 11) is 1.72. The van der Waals surface area contributed by atoms with Crippen LogP contribution in [0.3, 0.4) is 0 Å². The van der Waals surface area contributed by atoms with Crippen LogP contribution < -0.4 is 5.73 Å². The molecule has 0 bridgehead atoms. The van der Waals surface area contributed by atoms with Gasteiger partial charge in [-0.25, -0.2) is 14.8 Å². The van der Waals surface area contributed by atoms with E-state index in [-0.39, 0.29) is 17.1 Å². The number of anilines is 1. The third kappa shape index (κ3) is 1.59. The number of nitrogens with two attached hydrogens (primary N) is 1. The Morgan fingerprint density at radius 1 is 1.50 bits per heavy atom. The molecule has 3 rings (SSSR count). The zero-order chi connectivity index (χ0) is 14.7. The number of rotatable bonds is 1. The maximum atomic E-state index is 11.4. The normalized spacial score (nSPS) is 15.6. The van der Waals surface area contributed by atoms with Crippen LogP contribution in [0.15, 0.2) is 6.20 Å². The highest BCUT2D eigenvalue weighted by Gasteiger charge is 2.39. The van der Waals surface area contributed by atoms with E-state index in [0.29, 0.717) is 23.4 Å². The molecule has 7 nitrogen and oxygen atoms in total. The highest BCUT2D eigenvalue weighted by molar-refractivity contribution is 5.91. The van der Waals surface area contributed by atoms with Gasteiger partial charge in [-0.05, 0) is 17.4 Å². The molecule has 0 atom stereocenters. The minimum absolute atomic E-state index is 0.0790. The number of hydrogen-bond donors (Lipinski definition) is 2. The van der Waals surface area contributed by atoms with Crippen molar-refractivity contribution < 1.29 is 9.90 Å². The Hall–Kier alpha value is -2.44. The van der Waals surface area contributed by atoms with Crippen LogP contribution in [0.1, 0.15) is 35.5 Å². The average Bonchev–Trinajstić information content (AvgIpc) is 2.70. The van der Waals surface area contributed by atoms with Crippen molar-refractivity contribution in [2.75, 3.05) is 5.73 Å². The molecule has 0 aliphatic heterocycles. The molecular weight excluding hydrogens is 258 g/mol. The van der Waals surface area contributed by atoms with Crippen molar-refractivity contribution in [3.63, 3.8) is 0 Å². The van der Waals surface area contributed by atoms with Gasteiger partial charge in [-0.15, -0.1) is 0 Å². The topological polar surface area (TPSA) is 107 Å². The molecule has 1 aliphatic rings. The number of aromatic carboxylic acids is 1. The van der Waals surface area contributed by atoms with Crippen LogP contribution >= 0.6 is 0 Å². The number of carbonyl (C=O) groups is 1. The Kier molecular flexibility index (Phi) is 2.38. The van der Waals surface area contributed by atoms with E-state index in [4.69, 9.17) is 5.73 Å². The van der Waals surface area contributed by atoms with Gasteiger partial charge in [-0.2, -0.15) is 5.10 Å². The summed E-state index contributed by atoms with van der Waals surface area (Å²) in [6, 6.07) is 0. The number of carboxylic acid groups (broad SMARTS) is 1. The van der Waals surface area contributed by atoms with E-state index < -0.39 is 5.97 Å². The Labute approximate surface area is 115 Å². The maximum Gasteiger partial charge on any atom is 0.356 e. The summed E-state index contributed by atoms with van der Waals surface area (Å²) in [6.07, 6.45) is 2.36. The molecule has 0 aromatic carbocycles. The van der Waals surface area contributed by atoms with Gasteiger partial charge in [0.25, 0.3) is 0 Å². The number of nitrogens with zero attached hydrogens (tertiary/aromatic N) is 4. The van der Waals surface area contributed by atoms with E-state index in [1.165, 1.54) is 0 Å². The Balaban J connectivity index is 2.40. The lowest BCUT2D eigenvalue weighted by Crippen LogP contribution is -2.28. The van der Waals surface area contributed by atoms with Gasteiger partial charge in [0.2, 0.25) is 5.95 Å². The van der Waals surface area contributed by atoms with Crippen molar-refractivity contribution in [2.24, 2.45) is 7.05 Å². The predicted octanol–water partition coefficient (Wildman–Crippen LogP) is 0.991. The molecule has 2 aromatic rings. The number of aryl methyl sites for hydroxylation is 1. The first-order valence-corrected chi connectivity index (χ1v) is 6.24. The molecule has 2 heterocycles. The Morgan fingerprint density at radius 3 is 2.85 bits per heavy atom. The van der Waals surface area contributed by atoms with E-state index in [1.54, 1.807) is 17.9 Å². The molecule has 1 aliphatic carbocycles. The average molecular weight is 273 g/mol. The molecule has 0 saturated heterocycles. The van der Waals surface area contributed by atoms with Crippen LogP contribution in [0.5, 0.6) is 0 Å². The summed E-state index contributed by atoms with van der Waals surface area (Å²) in [6.45, 7) is 4.00. The van der Waals surface area contributed by atoms with E-state index >= 15 is 0 Å². The molecule has 7 heteroatoms. The summed E-state index contributed by atoms with van der Waals surface area (Å²) in [5.41, 5.74) is 8.44. The van der Waals surface area contributed by atoms with Crippen molar-refractivity contribution >= 4 is 11.9 Å². The van der Waals surface area contributed by atoms with Gasteiger partial charge in [-0.3, -0.25) is 4.68 Å². The van der Waals surface area contributed by atoms with Crippen molar-refractivity contribution in [3.8, 4) is 11.4 Å². The fourth-order valence-electron chi connectivity index (χ4n) is 2.91. The molecule has 20 heavy (non-hydrogen) atoms. The molecular formula is C13H15N5O2. The lowest BCUT2D eigenvalue weighted by Gasteiger charge is -2.31. The molecule has 0 unspecified atom stereocenters. The summed E-state index contributed by atoms with van der Waals surface area (Å²) in [4.78, 5) is 19.7. The predicted molar refractivity (Wildman–Crippen MR) is 72.3 cm³/mol. The third-order valence-electron chi connectivity index (χ3n) is 3.67. The summed E-state index contributed by atoms with van der Waals surface area (Å²) < 4.78 is 1.56. The van der Waals surface area contributed by atoms with E-state index in [1.807, 2.05) is 13.8 Å². The van der Waals surface area contributed by atoms with Crippen molar-refractivity contribution in [3.05, 3.63) is 23.0 Å². The van der Waals surface area contributed by atoms with Crippen LogP contribution in [-0.2, 0) is 18.9 Å². The first-order chi connectivity index (χ1) is 9.31.